The first-order valence-corrected chi connectivity index (χ1v) is 14.3. The van der Waals surface area contributed by atoms with Gasteiger partial charge < -0.3 is 14.0 Å². The standard InChI is InChI=1S/C35H30F2N4O/c36-27-8-3-6-24(20-27)22-40-19-16-29-30(10-5-13-32(29)40)35(42)39-17-14-26(15-18-39)34-38-31-11-1-2-12-33(31)41(34)23-25-7-4-9-28(37)21-25/h1-13,16,19-21,26H,14-15,17-18,22-23H2. The number of fused-ring (bicyclic) bond motifs is 2. The van der Waals surface area contributed by atoms with Gasteiger partial charge in [0.2, 0.25) is 0 Å². The van der Waals surface area contributed by atoms with Gasteiger partial charge in [0.05, 0.1) is 11.0 Å². The molecule has 42 heavy (non-hydrogen) atoms. The number of para-hydroxylation sites is 2. The molecule has 0 bridgehead atoms. The molecule has 6 aromatic rings. The maximum Gasteiger partial charge on any atom is 0.254 e. The third kappa shape index (κ3) is 4.96. The number of hydrogen-bond donors (Lipinski definition) is 0. The van der Waals surface area contributed by atoms with Gasteiger partial charge in [-0.25, -0.2) is 13.8 Å². The van der Waals surface area contributed by atoms with Crippen molar-refractivity contribution < 1.29 is 13.6 Å². The number of carbonyl (C=O) groups is 1. The fourth-order valence-corrected chi connectivity index (χ4v) is 6.28. The van der Waals surface area contributed by atoms with Gasteiger partial charge in [-0.05, 0) is 78.6 Å². The summed E-state index contributed by atoms with van der Waals surface area (Å²) in [5.74, 6) is 0.704. The smallest absolute Gasteiger partial charge is 0.254 e. The van der Waals surface area contributed by atoms with Crippen LogP contribution in [0, 0.1) is 11.6 Å². The van der Waals surface area contributed by atoms with Crippen LogP contribution in [0.1, 0.15) is 46.1 Å². The van der Waals surface area contributed by atoms with Crippen molar-refractivity contribution in [1.82, 2.24) is 19.0 Å². The van der Waals surface area contributed by atoms with Gasteiger partial charge in [-0.3, -0.25) is 4.79 Å². The van der Waals surface area contributed by atoms with Crippen molar-refractivity contribution in [3.05, 3.63) is 137 Å². The first-order chi connectivity index (χ1) is 20.5. The lowest BCUT2D eigenvalue weighted by Crippen LogP contribution is -2.38. The Morgan fingerprint density at radius 3 is 2.17 bits per heavy atom. The van der Waals surface area contributed by atoms with Crippen molar-refractivity contribution in [2.75, 3.05) is 13.1 Å². The van der Waals surface area contributed by atoms with Crippen LogP contribution in [0.4, 0.5) is 8.78 Å². The number of carbonyl (C=O) groups excluding carboxylic acids is 1. The summed E-state index contributed by atoms with van der Waals surface area (Å²) in [6.07, 6.45) is 3.56. The number of imidazole rings is 1. The molecule has 4 aromatic carbocycles. The lowest BCUT2D eigenvalue weighted by Gasteiger charge is -2.32. The summed E-state index contributed by atoms with van der Waals surface area (Å²) in [6.45, 7) is 2.34. The molecule has 5 nitrogen and oxygen atoms in total. The first-order valence-electron chi connectivity index (χ1n) is 14.3. The fraction of sp³-hybridized carbons (Fsp3) is 0.200. The maximum absolute atomic E-state index is 14.0. The third-order valence-electron chi connectivity index (χ3n) is 8.35. The number of hydrogen-bond acceptors (Lipinski definition) is 2. The summed E-state index contributed by atoms with van der Waals surface area (Å²) in [5, 5.41) is 0.901. The molecule has 7 rings (SSSR count). The average molecular weight is 561 g/mol. The van der Waals surface area contributed by atoms with Crippen LogP contribution < -0.4 is 0 Å². The molecule has 0 N–H and O–H groups in total. The van der Waals surface area contributed by atoms with E-state index in [4.69, 9.17) is 4.98 Å². The summed E-state index contributed by atoms with van der Waals surface area (Å²) in [5.41, 5.74) is 5.36. The molecule has 1 fully saturated rings. The van der Waals surface area contributed by atoms with Crippen molar-refractivity contribution in [1.29, 1.82) is 0 Å². The van der Waals surface area contributed by atoms with Gasteiger partial charge >= 0.3 is 0 Å². The number of halogens is 2. The molecule has 3 heterocycles. The zero-order valence-electron chi connectivity index (χ0n) is 23.1. The van der Waals surface area contributed by atoms with Gasteiger partial charge in [-0.15, -0.1) is 0 Å². The first kappa shape index (κ1) is 26.1. The zero-order chi connectivity index (χ0) is 28.6. The molecule has 7 heteroatoms. The molecule has 1 amide bonds. The number of piperidine rings is 1. The number of likely N-dealkylation sites (tertiary alicyclic amines) is 1. The summed E-state index contributed by atoms with van der Waals surface area (Å²) in [6, 6.07) is 29.2. The fourth-order valence-electron chi connectivity index (χ4n) is 6.28. The number of benzene rings is 4. The highest BCUT2D eigenvalue weighted by molar-refractivity contribution is 6.06. The van der Waals surface area contributed by atoms with Crippen LogP contribution in [0.3, 0.4) is 0 Å². The molecular formula is C35H30F2N4O. The summed E-state index contributed by atoms with van der Waals surface area (Å²) in [7, 11) is 0. The minimum absolute atomic E-state index is 0.0239. The van der Waals surface area contributed by atoms with Crippen molar-refractivity contribution >= 4 is 27.8 Å². The summed E-state index contributed by atoms with van der Waals surface area (Å²) >= 11 is 0. The van der Waals surface area contributed by atoms with E-state index in [1.54, 1.807) is 18.2 Å². The van der Waals surface area contributed by atoms with Crippen LogP contribution in [0.15, 0.2) is 103 Å². The molecule has 0 atom stereocenters. The van der Waals surface area contributed by atoms with Crippen LogP contribution in [0.25, 0.3) is 21.9 Å². The maximum atomic E-state index is 14.0. The molecule has 1 aliphatic heterocycles. The molecule has 0 spiro atoms. The van der Waals surface area contributed by atoms with E-state index in [1.165, 1.54) is 18.2 Å². The second-order valence-corrected chi connectivity index (χ2v) is 11.1. The lowest BCUT2D eigenvalue weighted by molar-refractivity contribution is 0.0712. The van der Waals surface area contributed by atoms with Crippen LogP contribution in [-0.2, 0) is 13.1 Å². The number of amides is 1. The van der Waals surface area contributed by atoms with E-state index in [0.29, 0.717) is 31.7 Å². The topological polar surface area (TPSA) is 43.1 Å². The molecule has 1 saturated heterocycles. The van der Waals surface area contributed by atoms with E-state index >= 15 is 0 Å². The van der Waals surface area contributed by atoms with Crippen LogP contribution in [0.2, 0.25) is 0 Å². The lowest BCUT2D eigenvalue weighted by atomic mass is 9.95. The Hall–Kier alpha value is -4.78. The molecule has 0 aliphatic carbocycles. The average Bonchev–Trinajstić information content (AvgIpc) is 3.58. The Labute approximate surface area is 242 Å². The minimum atomic E-state index is -0.257. The van der Waals surface area contributed by atoms with Crippen molar-refractivity contribution in [2.45, 2.75) is 31.8 Å². The highest BCUT2D eigenvalue weighted by Gasteiger charge is 2.29. The predicted octanol–water partition coefficient (Wildman–Crippen LogP) is 7.39. The van der Waals surface area contributed by atoms with Crippen molar-refractivity contribution in [3.63, 3.8) is 0 Å². The molecule has 0 unspecified atom stereocenters. The summed E-state index contributed by atoms with van der Waals surface area (Å²) < 4.78 is 31.9. The highest BCUT2D eigenvalue weighted by atomic mass is 19.1. The van der Waals surface area contributed by atoms with E-state index < -0.39 is 0 Å². The molecular weight excluding hydrogens is 530 g/mol. The zero-order valence-corrected chi connectivity index (χ0v) is 23.1. The van der Waals surface area contributed by atoms with E-state index in [9.17, 15) is 13.6 Å². The second kappa shape index (κ2) is 10.9. The molecule has 1 aliphatic rings. The predicted molar refractivity (Wildman–Crippen MR) is 161 cm³/mol. The van der Waals surface area contributed by atoms with Gasteiger partial charge in [0.25, 0.3) is 5.91 Å². The Kier molecular flexibility index (Phi) is 6.78. The van der Waals surface area contributed by atoms with Gasteiger partial charge in [0, 0.05) is 54.8 Å². The van der Waals surface area contributed by atoms with Crippen LogP contribution in [-0.4, -0.2) is 38.0 Å². The SMILES string of the molecule is O=C(c1cccc2c1ccn2Cc1cccc(F)c1)N1CCC(c2nc3ccccc3n2Cc2cccc(F)c2)CC1. The number of rotatable bonds is 6. The second-order valence-electron chi connectivity index (χ2n) is 11.1. The quantitative estimate of drug-likeness (QED) is 0.213. The van der Waals surface area contributed by atoms with Crippen LogP contribution >= 0.6 is 0 Å². The van der Waals surface area contributed by atoms with E-state index in [-0.39, 0.29) is 23.5 Å². The van der Waals surface area contributed by atoms with Gasteiger partial charge in [-0.1, -0.05) is 42.5 Å². The molecule has 0 radical (unpaired) electrons. The van der Waals surface area contributed by atoms with E-state index in [2.05, 4.69) is 15.2 Å². The van der Waals surface area contributed by atoms with E-state index in [0.717, 1.165) is 51.7 Å². The Bertz CT molecular complexity index is 1920. The van der Waals surface area contributed by atoms with E-state index in [1.807, 2.05) is 65.7 Å². The Morgan fingerprint density at radius 1 is 0.762 bits per heavy atom. The molecule has 0 saturated carbocycles. The largest absolute Gasteiger partial charge is 0.343 e. The third-order valence-corrected chi connectivity index (χ3v) is 8.35. The van der Waals surface area contributed by atoms with Gasteiger partial charge in [0.1, 0.15) is 17.5 Å². The minimum Gasteiger partial charge on any atom is -0.343 e. The monoisotopic (exact) mass is 560 g/mol. The highest BCUT2D eigenvalue weighted by Crippen LogP contribution is 2.32. The van der Waals surface area contributed by atoms with Gasteiger partial charge in [-0.2, -0.15) is 0 Å². The van der Waals surface area contributed by atoms with Crippen molar-refractivity contribution in [3.8, 4) is 0 Å². The normalized spacial score (nSPS) is 14.2. The Morgan fingerprint density at radius 2 is 1.43 bits per heavy atom. The summed E-state index contributed by atoms with van der Waals surface area (Å²) in [4.78, 5) is 20.7. The number of nitrogens with zero attached hydrogens (tertiary/aromatic N) is 4. The van der Waals surface area contributed by atoms with Gasteiger partial charge in [0.15, 0.2) is 0 Å². The van der Waals surface area contributed by atoms with Crippen LogP contribution in [0.5, 0.6) is 0 Å². The Balaban J connectivity index is 1.11. The number of aromatic nitrogens is 3. The molecule has 2 aromatic heterocycles. The van der Waals surface area contributed by atoms with Crippen molar-refractivity contribution in [2.24, 2.45) is 0 Å². The molecule has 210 valence electrons.